The lowest BCUT2D eigenvalue weighted by molar-refractivity contribution is 0.793. The van der Waals surface area contributed by atoms with Gasteiger partial charge in [-0.05, 0) is 125 Å². The molecule has 2 heteroatoms. The fraction of sp³-hybridized carbons (Fsp3) is 0.0303. The lowest BCUT2D eigenvalue weighted by atomic mass is 9.70. The molecule has 0 atom stereocenters. The molecule has 0 N–H and O–H groups in total. The van der Waals surface area contributed by atoms with E-state index in [0.29, 0.717) is 0 Å². The summed E-state index contributed by atoms with van der Waals surface area (Å²) in [5.74, 6) is 0. The molecular formula is C66H39NS. The van der Waals surface area contributed by atoms with Gasteiger partial charge in [0.15, 0.2) is 0 Å². The first-order valence-corrected chi connectivity index (χ1v) is 24.6. The number of fused-ring (bicyclic) bond motifs is 25. The molecule has 1 aromatic heterocycles. The molecule has 1 heterocycles. The average Bonchev–Trinajstić information content (AvgIpc) is 4.18. The van der Waals surface area contributed by atoms with Crippen LogP contribution in [0.15, 0.2) is 237 Å². The Morgan fingerprint density at radius 2 is 0.750 bits per heavy atom. The van der Waals surface area contributed by atoms with Crippen LogP contribution < -0.4 is 4.90 Å². The highest BCUT2D eigenvalue weighted by Gasteiger charge is 2.54. The summed E-state index contributed by atoms with van der Waals surface area (Å²) in [7, 11) is 0. The van der Waals surface area contributed by atoms with E-state index in [0.717, 1.165) is 5.69 Å². The van der Waals surface area contributed by atoms with Crippen LogP contribution in [0.3, 0.4) is 0 Å². The van der Waals surface area contributed by atoms with E-state index < -0.39 is 10.8 Å². The van der Waals surface area contributed by atoms with Gasteiger partial charge >= 0.3 is 0 Å². The molecule has 0 saturated heterocycles. The van der Waals surface area contributed by atoms with E-state index in [1.165, 1.54) is 131 Å². The van der Waals surface area contributed by atoms with Crippen molar-refractivity contribution in [3.8, 4) is 44.5 Å². The Balaban J connectivity index is 1.04. The summed E-state index contributed by atoms with van der Waals surface area (Å²) in [5, 5.41) is 5.14. The lowest BCUT2D eigenvalue weighted by Crippen LogP contribution is -2.26. The minimum Gasteiger partial charge on any atom is -0.308 e. The summed E-state index contributed by atoms with van der Waals surface area (Å²) in [5.41, 5.74) is 23.8. The van der Waals surface area contributed by atoms with Crippen molar-refractivity contribution in [1.82, 2.24) is 0 Å². The van der Waals surface area contributed by atoms with Gasteiger partial charge in [-0.25, -0.2) is 0 Å². The van der Waals surface area contributed by atoms with E-state index in [4.69, 9.17) is 0 Å². The Hall–Kier alpha value is -8.30. The Kier molecular flexibility index (Phi) is 7.15. The van der Waals surface area contributed by atoms with Crippen molar-refractivity contribution in [2.45, 2.75) is 10.8 Å². The zero-order valence-electron chi connectivity index (χ0n) is 36.9. The Bertz CT molecular complexity index is 4100. The normalized spacial score (nSPS) is 14.4. The first-order valence-electron chi connectivity index (χ1n) is 23.8. The van der Waals surface area contributed by atoms with Crippen LogP contribution in [-0.2, 0) is 10.8 Å². The van der Waals surface area contributed by atoms with Gasteiger partial charge in [0.1, 0.15) is 0 Å². The Morgan fingerprint density at radius 1 is 0.309 bits per heavy atom. The summed E-state index contributed by atoms with van der Waals surface area (Å²) in [6.45, 7) is 0. The van der Waals surface area contributed by atoms with Crippen LogP contribution >= 0.6 is 11.3 Å². The third-order valence-electron chi connectivity index (χ3n) is 16.1. The van der Waals surface area contributed by atoms with Gasteiger partial charge in [0.2, 0.25) is 0 Å². The number of benzene rings is 11. The highest BCUT2D eigenvalue weighted by Crippen LogP contribution is 2.67. The maximum Gasteiger partial charge on any atom is 0.0726 e. The molecule has 0 aliphatic heterocycles. The molecule has 4 aliphatic carbocycles. The second kappa shape index (κ2) is 13.2. The van der Waals surface area contributed by atoms with E-state index in [1.54, 1.807) is 0 Å². The number of anilines is 3. The first-order chi connectivity index (χ1) is 33.8. The van der Waals surface area contributed by atoms with Gasteiger partial charge in [-0.15, -0.1) is 11.3 Å². The topological polar surface area (TPSA) is 3.24 Å². The van der Waals surface area contributed by atoms with E-state index in [2.05, 4.69) is 241 Å². The van der Waals surface area contributed by atoms with Crippen LogP contribution in [0.1, 0.15) is 44.5 Å². The molecule has 4 aliphatic rings. The summed E-state index contributed by atoms with van der Waals surface area (Å²) in [6, 6.07) is 89.9. The molecule has 0 bridgehead atoms. The van der Waals surface area contributed by atoms with Crippen molar-refractivity contribution in [3.05, 3.63) is 281 Å². The maximum atomic E-state index is 2.63. The summed E-state index contributed by atoms with van der Waals surface area (Å²) in [6.07, 6.45) is 0. The van der Waals surface area contributed by atoms with Crippen LogP contribution in [0.5, 0.6) is 0 Å². The van der Waals surface area contributed by atoms with Crippen LogP contribution in [0.25, 0.3) is 75.5 Å². The van der Waals surface area contributed by atoms with Gasteiger partial charge in [-0.3, -0.25) is 0 Å². The molecular weight excluding hydrogens is 839 g/mol. The van der Waals surface area contributed by atoms with Crippen molar-refractivity contribution in [2.24, 2.45) is 0 Å². The minimum atomic E-state index is -0.469. The van der Waals surface area contributed by atoms with Crippen molar-refractivity contribution in [1.29, 1.82) is 0 Å². The molecule has 11 aromatic carbocycles. The quantitative estimate of drug-likeness (QED) is 0.171. The number of hydrogen-bond donors (Lipinski definition) is 0. The van der Waals surface area contributed by atoms with Gasteiger partial charge in [0, 0.05) is 26.7 Å². The second-order valence-electron chi connectivity index (χ2n) is 19.0. The summed E-state index contributed by atoms with van der Waals surface area (Å²) < 4.78 is 2.58. The van der Waals surface area contributed by atoms with E-state index in [1.807, 2.05) is 11.3 Å². The van der Waals surface area contributed by atoms with E-state index >= 15 is 0 Å². The third kappa shape index (κ3) is 4.34. The third-order valence-corrected chi connectivity index (χ3v) is 17.3. The smallest absolute Gasteiger partial charge is 0.0726 e. The molecule has 16 rings (SSSR count). The average molecular weight is 878 g/mol. The van der Waals surface area contributed by atoms with Gasteiger partial charge in [0.05, 0.1) is 26.9 Å². The predicted molar refractivity (Wildman–Crippen MR) is 284 cm³/mol. The molecule has 1 nitrogen and oxygen atoms in total. The van der Waals surface area contributed by atoms with Crippen LogP contribution in [0.2, 0.25) is 0 Å². The monoisotopic (exact) mass is 877 g/mol. The summed E-state index contributed by atoms with van der Waals surface area (Å²) in [4.78, 5) is 2.63. The van der Waals surface area contributed by atoms with E-state index in [9.17, 15) is 0 Å². The fourth-order valence-electron chi connectivity index (χ4n) is 13.7. The van der Waals surface area contributed by atoms with Crippen LogP contribution in [0.4, 0.5) is 17.1 Å². The summed E-state index contributed by atoms with van der Waals surface area (Å²) >= 11 is 1.91. The molecule has 2 spiro atoms. The number of hydrogen-bond acceptors (Lipinski definition) is 2. The molecule has 0 amide bonds. The van der Waals surface area contributed by atoms with Crippen molar-refractivity contribution in [3.63, 3.8) is 0 Å². The highest BCUT2D eigenvalue weighted by atomic mass is 32.1. The van der Waals surface area contributed by atoms with Gasteiger partial charge in [-0.1, -0.05) is 206 Å². The molecule has 68 heavy (non-hydrogen) atoms. The predicted octanol–water partition coefficient (Wildman–Crippen LogP) is 17.4. The lowest BCUT2D eigenvalue weighted by Gasteiger charge is -2.33. The Labute approximate surface area is 398 Å². The van der Waals surface area contributed by atoms with E-state index in [-0.39, 0.29) is 0 Å². The molecule has 0 unspecified atom stereocenters. The van der Waals surface area contributed by atoms with Gasteiger partial charge < -0.3 is 4.90 Å². The van der Waals surface area contributed by atoms with Crippen molar-refractivity contribution in [2.75, 3.05) is 4.90 Å². The molecule has 314 valence electrons. The number of thiophene rings is 1. The fourth-order valence-corrected chi connectivity index (χ4v) is 14.9. The molecule has 12 aromatic rings. The van der Waals surface area contributed by atoms with Crippen molar-refractivity contribution < 1.29 is 0 Å². The first kappa shape index (κ1) is 36.9. The maximum absolute atomic E-state index is 2.63. The molecule has 0 radical (unpaired) electrons. The highest BCUT2D eigenvalue weighted by molar-refractivity contribution is 7.26. The van der Waals surface area contributed by atoms with Gasteiger partial charge in [-0.2, -0.15) is 0 Å². The molecule has 0 saturated carbocycles. The van der Waals surface area contributed by atoms with Crippen molar-refractivity contribution >= 4 is 59.3 Å². The number of nitrogens with zero attached hydrogens (tertiary/aromatic N) is 1. The van der Waals surface area contributed by atoms with Crippen LogP contribution in [0, 0.1) is 0 Å². The Morgan fingerprint density at radius 3 is 1.35 bits per heavy atom. The minimum absolute atomic E-state index is 0.424. The molecule has 0 fully saturated rings. The van der Waals surface area contributed by atoms with Gasteiger partial charge in [0.25, 0.3) is 0 Å². The van der Waals surface area contributed by atoms with Crippen LogP contribution in [-0.4, -0.2) is 0 Å². The SMILES string of the molecule is c1ccc2c(c1)-c1ccccc1C21c2ccccc2-c2cc(N(c3cccc4c3-c3ccccc3C43c4ccccc4-c4ccccc43)c3cc4ccccc4c4c3sc3ccccc34)ccc21. The number of rotatable bonds is 3. The standard InChI is InChI=1S/C66H39NS/c1-2-19-42-40(18-1)38-60(64-62(42)49-26-9-16-35-61(49)68-64)67(41-36-37-57-50(39-41)47-24-7-14-31-55(47)65(57)51-27-10-3-20-43(51)44-21-4-11-28-52(44)65)59-34-17-33-58-63(59)48-25-8-15-32-56(48)66(58)53-29-12-5-22-45(53)46-23-6-13-30-54(46)66/h1-39H. The second-order valence-corrected chi connectivity index (χ2v) is 20.0. The zero-order chi connectivity index (χ0) is 44.3. The zero-order valence-corrected chi connectivity index (χ0v) is 37.7. The largest absolute Gasteiger partial charge is 0.308 e.